The van der Waals surface area contributed by atoms with Gasteiger partial charge in [0.25, 0.3) is 0 Å². The fourth-order valence-corrected chi connectivity index (χ4v) is 2.00. The van der Waals surface area contributed by atoms with Crippen molar-refractivity contribution in [3.05, 3.63) is 26.1 Å². The third kappa shape index (κ3) is 2.16. The molecule has 0 unspecified atom stereocenters. The summed E-state index contributed by atoms with van der Waals surface area (Å²) < 4.78 is 0.434. The van der Waals surface area contributed by atoms with Crippen LogP contribution in [0.3, 0.4) is 0 Å². The standard InChI is InChI=1S/C9H10BrCl2NO/c1-4(13-2)5-3-6(11)8(12)7(10)9(5)14/h3-4,13-14H,1-2H3/t4-/m0/s1. The predicted molar refractivity (Wildman–Crippen MR) is 63.3 cm³/mol. The Morgan fingerprint density at radius 1 is 1.50 bits per heavy atom. The molecule has 2 N–H and O–H groups in total. The van der Waals surface area contributed by atoms with E-state index in [-0.39, 0.29) is 11.8 Å². The number of benzene rings is 1. The Bertz CT molecular complexity index is 357. The number of hydrogen-bond donors (Lipinski definition) is 2. The molecule has 0 aliphatic heterocycles. The minimum atomic E-state index is 0.0149. The van der Waals surface area contributed by atoms with Gasteiger partial charge in [0.2, 0.25) is 0 Å². The van der Waals surface area contributed by atoms with Gasteiger partial charge in [-0.3, -0.25) is 0 Å². The molecule has 0 aromatic heterocycles. The van der Waals surface area contributed by atoms with Crippen molar-refractivity contribution in [2.75, 3.05) is 7.05 Å². The zero-order chi connectivity index (χ0) is 10.9. The van der Waals surface area contributed by atoms with Crippen LogP contribution >= 0.6 is 39.1 Å². The quantitative estimate of drug-likeness (QED) is 0.815. The first-order valence-corrected chi connectivity index (χ1v) is 5.57. The first-order valence-electron chi connectivity index (χ1n) is 4.02. The van der Waals surface area contributed by atoms with E-state index < -0.39 is 0 Å². The monoisotopic (exact) mass is 297 g/mol. The van der Waals surface area contributed by atoms with Gasteiger partial charge in [0.15, 0.2) is 0 Å². The van der Waals surface area contributed by atoms with Crippen LogP contribution in [0.5, 0.6) is 5.75 Å². The highest BCUT2D eigenvalue weighted by Gasteiger charge is 2.16. The highest BCUT2D eigenvalue weighted by molar-refractivity contribution is 9.10. The molecule has 14 heavy (non-hydrogen) atoms. The van der Waals surface area contributed by atoms with Gasteiger partial charge < -0.3 is 10.4 Å². The lowest BCUT2D eigenvalue weighted by atomic mass is 10.1. The van der Waals surface area contributed by atoms with Gasteiger partial charge in [0.05, 0.1) is 14.5 Å². The molecule has 0 bridgehead atoms. The van der Waals surface area contributed by atoms with Crippen molar-refractivity contribution in [3.8, 4) is 5.75 Å². The maximum absolute atomic E-state index is 9.77. The molecule has 0 amide bonds. The normalized spacial score (nSPS) is 12.9. The number of halogens is 3. The van der Waals surface area contributed by atoms with Crippen LogP contribution in [0.15, 0.2) is 10.5 Å². The van der Waals surface area contributed by atoms with E-state index in [2.05, 4.69) is 21.2 Å². The summed E-state index contributed by atoms with van der Waals surface area (Å²) in [5.41, 5.74) is 0.716. The van der Waals surface area contributed by atoms with Gasteiger partial charge in [-0.05, 0) is 36.0 Å². The van der Waals surface area contributed by atoms with E-state index in [9.17, 15) is 5.11 Å². The topological polar surface area (TPSA) is 32.3 Å². The number of phenolic OH excluding ortho intramolecular Hbond substituents is 1. The molecule has 0 saturated carbocycles. The molecule has 1 aromatic rings. The van der Waals surface area contributed by atoms with E-state index >= 15 is 0 Å². The molecule has 0 heterocycles. The molecule has 5 heteroatoms. The number of nitrogens with one attached hydrogen (secondary N) is 1. The van der Waals surface area contributed by atoms with Crippen molar-refractivity contribution < 1.29 is 5.11 Å². The van der Waals surface area contributed by atoms with Crippen LogP contribution in [0, 0.1) is 0 Å². The van der Waals surface area contributed by atoms with Crippen molar-refractivity contribution in [2.45, 2.75) is 13.0 Å². The first-order chi connectivity index (χ1) is 6.49. The summed E-state index contributed by atoms with van der Waals surface area (Å²) in [7, 11) is 1.81. The maximum Gasteiger partial charge on any atom is 0.136 e. The van der Waals surface area contributed by atoms with Crippen molar-refractivity contribution in [1.29, 1.82) is 0 Å². The number of phenols is 1. The molecule has 1 rings (SSSR count). The predicted octanol–water partition coefficient (Wildman–Crippen LogP) is 3.74. The Hall–Kier alpha value is 0.0400. The Morgan fingerprint density at radius 3 is 2.57 bits per heavy atom. The summed E-state index contributed by atoms with van der Waals surface area (Å²) in [5.74, 6) is 0.126. The highest BCUT2D eigenvalue weighted by atomic mass is 79.9. The fourth-order valence-electron chi connectivity index (χ4n) is 1.09. The summed E-state index contributed by atoms with van der Waals surface area (Å²) in [5, 5.41) is 13.5. The number of rotatable bonds is 2. The number of aromatic hydroxyl groups is 1. The molecule has 1 aromatic carbocycles. The van der Waals surface area contributed by atoms with Gasteiger partial charge in [-0.25, -0.2) is 0 Å². The highest BCUT2D eigenvalue weighted by Crippen LogP contribution is 2.41. The zero-order valence-corrected chi connectivity index (χ0v) is 10.8. The Kier molecular flexibility index (Phi) is 4.07. The summed E-state index contributed by atoms with van der Waals surface area (Å²) in [6, 6.07) is 1.67. The van der Waals surface area contributed by atoms with Crippen LogP contribution in [0.2, 0.25) is 10.0 Å². The SMILES string of the molecule is CN[C@@H](C)c1cc(Cl)c(Cl)c(Br)c1O. The van der Waals surface area contributed by atoms with Crippen molar-refractivity contribution in [3.63, 3.8) is 0 Å². The van der Waals surface area contributed by atoms with Crippen molar-refractivity contribution >= 4 is 39.1 Å². The van der Waals surface area contributed by atoms with Crippen LogP contribution in [0.1, 0.15) is 18.5 Å². The molecule has 0 fully saturated rings. The van der Waals surface area contributed by atoms with Crippen molar-refractivity contribution in [2.24, 2.45) is 0 Å². The third-order valence-electron chi connectivity index (χ3n) is 2.07. The first kappa shape index (κ1) is 12.1. The molecule has 0 aliphatic rings. The largest absolute Gasteiger partial charge is 0.506 e. The van der Waals surface area contributed by atoms with Gasteiger partial charge in [0, 0.05) is 11.6 Å². The Labute approximate surface area is 101 Å². The van der Waals surface area contributed by atoms with E-state index in [4.69, 9.17) is 23.2 Å². The van der Waals surface area contributed by atoms with E-state index in [1.807, 2.05) is 6.92 Å². The lowest BCUT2D eigenvalue weighted by Crippen LogP contribution is -2.12. The Balaban J connectivity index is 3.33. The molecule has 0 radical (unpaired) electrons. The second-order valence-corrected chi connectivity index (χ2v) is 4.51. The van der Waals surface area contributed by atoms with Crippen LogP contribution in [0.4, 0.5) is 0 Å². The van der Waals surface area contributed by atoms with Gasteiger partial charge >= 0.3 is 0 Å². The van der Waals surface area contributed by atoms with E-state index in [1.54, 1.807) is 13.1 Å². The minimum absolute atomic E-state index is 0.0149. The summed E-state index contributed by atoms with van der Waals surface area (Å²) >= 11 is 14.9. The summed E-state index contributed by atoms with van der Waals surface area (Å²) in [4.78, 5) is 0. The summed E-state index contributed by atoms with van der Waals surface area (Å²) in [6.45, 7) is 1.92. The molecule has 78 valence electrons. The second kappa shape index (κ2) is 4.71. The van der Waals surface area contributed by atoms with Crippen LogP contribution in [-0.4, -0.2) is 12.2 Å². The molecule has 2 nitrogen and oxygen atoms in total. The number of hydrogen-bond acceptors (Lipinski definition) is 2. The average molecular weight is 299 g/mol. The second-order valence-electron chi connectivity index (χ2n) is 2.93. The maximum atomic E-state index is 9.77. The van der Waals surface area contributed by atoms with Crippen LogP contribution < -0.4 is 5.32 Å². The van der Waals surface area contributed by atoms with Crippen molar-refractivity contribution in [1.82, 2.24) is 5.32 Å². The fraction of sp³-hybridized carbons (Fsp3) is 0.333. The molecule has 0 saturated heterocycles. The summed E-state index contributed by atoms with van der Waals surface area (Å²) in [6.07, 6.45) is 0. The lowest BCUT2D eigenvalue weighted by Gasteiger charge is -2.15. The van der Waals surface area contributed by atoms with Gasteiger partial charge in [0.1, 0.15) is 5.75 Å². The zero-order valence-electron chi connectivity index (χ0n) is 7.74. The third-order valence-corrected chi connectivity index (χ3v) is 3.85. The average Bonchev–Trinajstić information content (AvgIpc) is 2.19. The smallest absolute Gasteiger partial charge is 0.136 e. The Morgan fingerprint density at radius 2 is 2.07 bits per heavy atom. The molecular formula is C9H10BrCl2NO. The minimum Gasteiger partial charge on any atom is -0.506 e. The lowest BCUT2D eigenvalue weighted by molar-refractivity contribution is 0.454. The molecule has 1 atom stereocenters. The van der Waals surface area contributed by atoms with Gasteiger partial charge in [-0.2, -0.15) is 0 Å². The van der Waals surface area contributed by atoms with Gasteiger partial charge in [-0.1, -0.05) is 23.2 Å². The van der Waals surface area contributed by atoms with Crippen LogP contribution in [0.25, 0.3) is 0 Å². The van der Waals surface area contributed by atoms with Gasteiger partial charge in [-0.15, -0.1) is 0 Å². The van der Waals surface area contributed by atoms with Crippen LogP contribution in [-0.2, 0) is 0 Å². The van der Waals surface area contributed by atoms with E-state index in [1.165, 1.54) is 0 Å². The molecule has 0 aliphatic carbocycles. The molecular weight excluding hydrogens is 289 g/mol. The molecule has 0 spiro atoms. The van der Waals surface area contributed by atoms with E-state index in [0.29, 0.717) is 20.1 Å². The van der Waals surface area contributed by atoms with E-state index in [0.717, 1.165) is 0 Å².